The standard InChI is InChI=1S/C13H19N3OS/c1-5-16-13(10(17-4)8-15-16)12(14-3)11-7-6-9(2)18-11/h6-8,12,14H,5H2,1-4H3. The zero-order chi connectivity index (χ0) is 13.1. The molecule has 4 nitrogen and oxygen atoms in total. The largest absolute Gasteiger partial charge is 0.493 e. The normalized spacial score (nSPS) is 12.7. The van der Waals surface area contributed by atoms with E-state index in [2.05, 4.69) is 36.4 Å². The fourth-order valence-electron chi connectivity index (χ4n) is 2.10. The first-order valence-electron chi connectivity index (χ1n) is 6.04. The third kappa shape index (κ3) is 2.28. The summed E-state index contributed by atoms with van der Waals surface area (Å²) in [4.78, 5) is 2.59. The zero-order valence-electron chi connectivity index (χ0n) is 11.2. The number of aryl methyl sites for hydroxylation is 2. The molecule has 0 aromatic carbocycles. The minimum absolute atomic E-state index is 0.126. The van der Waals surface area contributed by atoms with Crippen molar-refractivity contribution in [3.8, 4) is 5.75 Å². The molecule has 2 heterocycles. The summed E-state index contributed by atoms with van der Waals surface area (Å²) in [6, 6.07) is 4.43. The Kier molecular flexibility index (Phi) is 4.04. The van der Waals surface area contributed by atoms with Crippen LogP contribution >= 0.6 is 11.3 Å². The van der Waals surface area contributed by atoms with Gasteiger partial charge >= 0.3 is 0 Å². The Balaban J connectivity index is 2.46. The van der Waals surface area contributed by atoms with Gasteiger partial charge in [0.1, 0.15) is 5.69 Å². The quantitative estimate of drug-likeness (QED) is 0.903. The molecule has 18 heavy (non-hydrogen) atoms. The van der Waals surface area contributed by atoms with E-state index < -0.39 is 0 Å². The molecular weight excluding hydrogens is 246 g/mol. The van der Waals surface area contributed by atoms with Crippen LogP contribution in [0.2, 0.25) is 0 Å². The van der Waals surface area contributed by atoms with Crippen molar-refractivity contribution in [3.05, 3.63) is 33.8 Å². The monoisotopic (exact) mass is 265 g/mol. The van der Waals surface area contributed by atoms with Gasteiger partial charge in [-0.1, -0.05) is 0 Å². The van der Waals surface area contributed by atoms with E-state index in [1.54, 1.807) is 24.6 Å². The Hall–Kier alpha value is -1.33. The van der Waals surface area contributed by atoms with Crippen LogP contribution in [0, 0.1) is 6.92 Å². The Bertz CT molecular complexity index is 497. The van der Waals surface area contributed by atoms with Crippen LogP contribution in [0.5, 0.6) is 5.75 Å². The van der Waals surface area contributed by atoms with Gasteiger partial charge in [0.05, 0.1) is 19.3 Å². The van der Waals surface area contributed by atoms with E-state index in [0.717, 1.165) is 18.0 Å². The van der Waals surface area contributed by atoms with Crippen molar-refractivity contribution in [2.75, 3.05) is 14.2 Å². The first-order valence-corrected chi connectivity index (χ1v) is 6.86. The molecule has 2 rings (SSSR count). The molecule has 2 aromatic heterocycles. The molecule has 0 aliphatic carbocycles. The van der Waals surface area contributed by atoms with Crippen molar-refractivity contribution in [2.24, 2.45) is 0 Å². The molecule has 1 N–H and O–H groups in total. The Morgan fingerprint density at radius 1 is 1.50 bits per heavy atom. The molecule has 1 atom stereocenters. The van der Waals surface area contributed by atoms with Crippen molar-refractivity contribution in [2.45, 2.75) is 26.4 Å². The minimum Gasteiger partial charge on any atom is -0.493 e. The fraction of sp³-hybridized carbons (Fsp3) is 0.462. The highest BCUT2D eigenvalue weighted by atomic mass is 32.1. The highest BCUT2D eigenvalue weighted by molar-refractivity contribution is 7.12. The van der Waals surface area contributed by atoms with Crippen LogP contribution in [-0.4, -0.2) is 23.9 Å². The lowest BCUT2D eigenvalue weighted by atomic mass is 10.1. The lowest BCUT2D eigenvalue weighted by Crippen LogP contribution is -2.21. The van der Waals surface area contributed by atoms with Crippen molar-refractivity contribution >= 4 is 11.3 Å². The van der Waals surface area contributed by atoms with Gasteiger partial charge < -0.3 is 10.1 Å². The molecule has 0 saturated carbocycles. The molecule has 0 aliphatic heterocycles. The molecular formula is C13H19N3OS. The average molecular weight is 265 g/mol. The van der Waals surface area contributed by atoms with Gasteiger partial charge in [-0.05, 0) is 33.0 Å². The first-order chi connectivity index (χ1) is 8.71. The van der Waals surface area contributed by atoms with Crippen LogP contribution in [0.1, 0.15) is 28.4 Å². The molecule has 5 heteroatoms. The third-order valence-electron chi connectivity index (χ3n) is 2.97. The van der Waals surface area contributed by atoms with Gasteiger partial charge in [0.2, 0.25) is 0 Å². The number of nitrogens with one attached hydrogen (secondary N) is 1. The summed E-state index contributed by atoms with van der Waals surface area (Å²) in [7, 11) is 3.65. The molecule has 0 spiro atoms. The number of hydrogen-bond acceptors (Lipinski definition) is 4. The number of thiophene rings is 1. The summed E-state index contributed by atoms with van der Waals surface area (Å²) in [6.45, 7) is 5.04. The molecule has 0 amide bonds. The van der Waals surface area contributed by atoms with Gasteiger partial charge in [0.25, 0.3) is 0 Å². The SMILES string of the molecule is CCn1ncc(OC)c1C(NC)c1ccc(C)s1. The molecule has 0 fully saturated rings. The molecule has 0 bridgehead atoms. The van der Waals surface area contributed by atoms with Gasteiger partial charge in [-0.3, -0.25) is 4.68 Å². The summed E-state index contributed by atoms with van der Waals surface area (Å²) in [5, 5.41) is 7.72. The highest BCUT2D eigenvalue weighted by Gasteiger charge is 2.22. The van der Waals surface area contributed by atoms with Gasteiger partial charge in [-0.15, -0.1) is 11.3 Å². The maximum Gasteiger partial charge on any atom is 0.161 e. The highest BCUT2D eigenvalue weighted by Crippen LogP contribution is 2.33. The Morgan fingerprint density at radius 2 is 2.28 bits per heavy atom. The van der Waals surface area contributed by atoms with Crippen LogP contribution < -0.4 is 10.1 Å². The number of ether oxygens (including phenoxy) is 1. The number of nitrogens with zero attached hydrogens (tertiary/aromatic N) is 2. The van der Waals surface area contributed by atoms with Crippen LogP contribution in [0.15, 0.2) is 18.3 Å². The molecule has 0 radical (unpaired) electrons. The van der Waals surface area contributed by atoms with Crippen LogP contribution in [0.3, 0.4) is 0 Å². The van der Waals surface area contributed by atoms with E-state index >= 15 is 0 Å². The summed E-state index contributed by atoms with van der Waals surface area (Å²) in [5.41, 5.74) is 1.09. The summed E-state index contributed by atoms with van der Waals surface area (Å²) in [6.07, 6.45) is 1.78. The van der Waals surface area contributed by atoms with E-state index in [1.165, 1.54) is 9.75 Å². The molecule has 0 aliphatic rings. The zero-order valence-corrected chi connectivity index (χ0v) is 12.0. The van der Waals surface area contributed by atoms with E-state index in [1.807, 2.05) is 11.7 Å². The molecule has 1 unspecified atom stereocenters. The topological polar surface area (TPSA) is 39.1 Å². The number of hydrogen-bond donors (Lipinski definition) is 1. The Morgan fingerprint density at radius 3 is 2.78 bits per heavy atom. The maximum atomic E-state index is 5.42. The summed E-state index contributed by atoms with van der Waals surface area (Å²) >= 11 is 1.80. The number of methoxy groups -OCH3 is 1. The van der Waals surface area contributed by atoms with Crippen LogP contribution in [-0.2, 0) is 6.54 Å². The number of rotatable bonds is 5. The molecule has 2 aromatic rings. The second-order valence-electron chi connectivity index (χ2n) is 4.08. The van der Waals surface area contributed by atoms with E-state index in [-0.39, 0.29) is 6.04 Å². The van der Waals surface area contributed by atoms with E-state index in [4.69, 9.17) is 4.74 Å². The fourth-order valence-corrected chi connectivity index (χ4v) is 3.09. The van der Waals surface area contributed by atoms with E-state index in [9.17, 15) is 0 Å². The minimum atomic E-state index is 0.126. The predicted molar refractivity (Wildman–Crippen MR) is 74.4 cm³/mol. The van der Waals surface area contributed by atoms with Crippen molar-refractivity contribution < 1.29 is 4.74 Å². The van der Waals surface area contributed by atoms with E-state index in [0.29, 0.717) is 0 Å². The Labute approximate surface area is 112 Å². The summed E-state index contributed by atoms with van der Waals surface area (Å²) < 4.78 is 7.40. The van der Waals surface area contributed by atoms with Crippen molar-refractivity contribution in [1.29, 1.82) is 0 Å². The average Bonchev–Trinajstić information content (AvgIpc) is 2.97. The maximum absolute atomic E-state index is 5.42. The predicted octanol–water partition coefficient (Wildman–Crippen LogP) is 2.59. The lowest BCUT2D eigenvalue weighted by molar-refractivity contribution is 0.401. The van der Waals surface area contributed by atoms with Gasteiger partial charge in [0, 0.05) is 16.3 Å². The second kappa shape index (κ2) is 5.54. The lowest BCUT2D eigenvalue weighted by Gasteiger charge is -2.17. The molecule has 98 valence electrons. The molecule has 0 saturated heterocycles. The van der Waals surface area contributed by atoms with Gasteiger partial charge in [0.15, 0.2) is 5.75 Å². The van der Waals surface area contributed by atoms with Crippen molar-refractivity contribution in [3.63, 3.8) is 0 Å². The third-order valence-corrected chi connectivity index (χ3v) is 4.04. The number of aromatic nitrogens is 2. The van der Waals surface area contributed by atoms with Gasteiger partial charge in [-0.25, -0.2) is 0 Å². The van der Waals surface area contributed by atoms with Crippen molar-refractivity contribution in [1.82, 2.24) is 15.1 Å². The van der Waals surface area contributed by atoms with Crippen LogP contribution in [0.4, 0.5) is 0 Å². The van der Waals surface area contributed by atoms with Crippen LogP contribution in [0.25, 0.3) is 0 Å². The first kappa shape index (κ1) is 13.1. The summed E-state index contributed by atoms with van der Waals surface area (Å²) in [5.74, 6) is 0.835. The van der Waals surface area contributed by atoms with Gasteiger partial charge in [-0.2, -0.15) is 5.10 Å². The smallest absolute Gasteiger partial charge is 0.161 e. The second-order valence-corrected chi connectivity index (χ2v) is 5.40.